The van der Waals surface area contributed by atoms with Gasteiger partial charge in [-0.25, -0.2) is 9.59 Å². The summed E-state index contributed by atoms with van der Waals surface area (Å²) in [5.74, 6) is -0.271. The number of hydrogen-bond acceptors (Lipinski definition) is 4. The highest BCUT2D eigenvalue weighted by molar-refractivity contribution is 7.99. The van der Waals surface area contributed by atoms with Gasteiger partial charge in [0.25, 0.3) is 0 Å². The summed E-state index contributed by atoms with van der Waals surface area (Å²) in [6.45, 7) is 0. The van der Waals surface area contributed by atoms with Crippen LogP contribution in [0, 0.1) is 11.3 Å². The summed E-state index contributed by atoms with van der Waals surface area (Å²) < 4.78 is 0. The van der Waals surface area contributed by atoms with Gasteiger partial charge in [-0.2, -0.15) is 5.26 Å². The van der Waals surface area contributed by atoms with Crippen LogP contribution in [0.3, 0.4) is 0 Å². The van der Waals surface area contributed by atoms with Crippen LogP contribution in [0.1, 0.15) is 5.56 Å². The smallest absolute Gasteiger partial charge is 0.327 e. The Morgan fingerprint density at radius 2 is 2.32 bits per heavy atom. The van der Waals surface area contributed by atoms with Crippen LogP contribution >= 0.6 is 11.8 Å². The van der Waals surface area contributed by atoms with Crippen molar-refractivity contribution in [2.24, 2.45) is 0 Å². The van der Waals surface area contributed by atoms with Crippen LogP contribution in [0.2, 0.25) is 0 Å². The standard InChI is InChI=1S/C12H11N3O3S/c13-5-8-2-1-3-9(4-8)14-12(18)15-7-19-6-10(15)11(16)17/h1-4,10H,6-7H2,(H,14,18)(H,16,17). The normalized spacial score (nSPS) is 17.8. The van der Waals surface area contributed by atoms with Gasteiger partial charge in [-0.15, -0.1) is 11.8 Å². The first kappa shape index (κ1) is 13.2. The van der Waals surface area contributed by atoms with Gasteiger partial charge in [-0.05, 0) is 18.2 Å². The van der Waals surface area contributed by atoms with Gasteiger partial charge in [-0.1, -0.05) is 6.07 Å². The number of aliphatic carboxylic acids is 1. The predicted octanol–water partition coefficient (Wildman–Crippen LogP) is 1.55. The zero-order chi connectivity index (χ0) is 13.8. The lowest BCUT2D eigenvalue weighted by Gasteiger charge is -2.20. The Hall–Kier alpha value is -2.20. The van der Waals surface area contributed by atoms with Gasteiger partial charge in [-0.3, -0.25) is 0 Å². The van der Waals surface area contributed by atoms with Crippen LogP contribution in [0.25, 0.3) is 0 Å². The molecular formula is C12H11N3O3S. The molecule has 2 N–H and O–H groups in total. The number of hydrogen-bond donors (Lipinski definition) is 2. The molecule has 1 fully saturated rings. The van der Waals surface area contributed by atoms with Crippen molar-refractivity contribution in [2.75, 3.05) is 16.9 Å². The molecular weight excluding hydrogens is 266 g/mol. The Morgan fingerprint density at radius 3 is 3.00 bits per heavy atom. The quantitative estimate of drug-likeness (QED) is 0.855. The highest BCUT2D eigenvalue weighted by atomic mass is 32.2. The largest absolute Gasteiger partial charge is 0.480 e. The average molecular weight is 277 g/mol. The number of anilines is 1. The molecule has 6 nitrogen and oxygen atoms in total. The fourth-order valence-corrected chi connectivity index (χ4v) is 2.85. The molecule has 0 spiro atoms. The second-order valence-electron chi connectivity index (χ2n) is 3.95. The Kier molecular flexibility index (Phi) is 3.92. The van der Waals surface area contributed by atoms with Crippen molar-refractivity contribution in [3.63, 3.8) is 0 Å². The lowest BCUT2D eigenvalue weighted by atomic mass is 10.2. The summed E-state index contributed by atoms with van der Waals surface area (Å²) in [5, 5.41) is 20.4. The van der Waals surface area contributed by atoms with Crippen molar-refractivity contribution >= 4 is 29.4 Å². The molecule has 1 unspecified atom stereocenters. The zero-order valence-corrected chi connectivity index (χ0v) is 10.7. The molecule has 1 aromatic carbocycles. The van der Waals surface area contributed by atoms with Crippen LogP contribution in [-0.4, -0.2) is 39.7 Å². The van der Waals surface area contributed by atoms with Gasteiger partial charge in [0.15, 0.2) is 0 Å². The van der Waals surface area contributed by atoms with E-state index in [4.69, 9.17) is 10.4 Å². The number of nitriles is 1. The van der Waals surface area contributed by atoms with Crippen LogP contribution in [0.15, 0.2) is 24.3 Å². The Bertz CT molecular complexity index is 555. The van der Waals surface area contributed by atoms with Gasteiger partial charge in [0.05, 0.1) is 17.5 Å². The average Bonchev–Trinajstić information content (AvgIpc) is 2.88. The first-order chi connectivity index (χ1) is 9.11. The van der Waals surface area contributed by atoms with Crippen LogP contribution < -0.4 is 5.32 Å². The molecule has 1 aliphatic rings. The van der Waals surface area contributed by atoms with Crippen LogP contribution in [0.5, 0.6) is 0 Å². The van der Waals surface area contributed by atoms with Crippen molar-refractivity contribution < 1.29 is 14.7 Å². The van der Waals surface area contributed by atoms with E-state index in [2.05, 4.69) is 5.32 Å². The number of urea groups is 1. The molecule has 0 radical (unpaired) electrons. The monoisotopic (exact) mass is 277 g/mol. The minimum absolute atomic E-state index is 0.348. The summed E-state index contributed by atoms with van der Waals surface area (Å²) in [7, 11) is 0. The summed E-state index contributed by atoms with van der Waals surface area (Å²) in [6.07, 6.45) is 0. The van der Waals surface area contributed by atoms with E-state index in [1.54, 1.807) is 18.2 Å². The number of nitrogens with one attached hydrogen (secondary N) is 1. The molecule has 0 aliphatic carbocycles. The summed E-state index contributed by atoms with van der Waals surface area (Å²) >= 11 is 1.40. The molecule has 0 saturated carbocycles. The molecule has 0 bridgehead atoms. The van der Waals surface area contributed by atoms with Crippen molar-refractivity contribution in [2.45, 2.75) is 6.04 Å². The second kappa shape index (κ2) is 5.63. The number of benzene rings is 1. The maximum Gasteiger partial charge on any atom is 0.327 e. The fourth-order valence-electron chi connectivity index (χ4n) is 1.71. The van der Waals surface area contributed by atoms with Gasteiger partial charge in [0.2, 0.25) is 0 Å². The first-order valence-electron chi connectivity index (χ1n) is 5.50. The molecule has 1 aliphatic heterocycles. The van der Waals surface area contributed by atoms with E-state index in [9.17, 15) is 9.59 Å². The van der Waals surface area contributed by atoms with Gasteiger partial charge < -0.3 is 15.3 Å². The summed E-state index contributed by atoms with van der Waals surface area (Å²) in [4.78, 5) is 24.2. The third-order valence-electron chi connectivity index (χ3n) is 2.67. The highest BCUT2D eigenvalue weighted by Gasteiger charge is 2.34. The summed E-state index contributed by atoms with van der Waals surface area (Å²) in [5.41, 5.74) is 0.911. The lowest BCUT2D eigenvalue weighted by molar-refractivity contribution is -0.140. The molecule has 7 heteroatoms. The molecule has 0 aromatic heterocycles. The maximum atomic E-state index is 12.0. The molecule has 1 atom stereocenters. The van der Waals surface area contributed by atoms with Crippen molar-refractivity contribution in [1.82, 2.24) is 4.90 Å². The SMILES string of the molecule is N#Cc1cccc(NC(=O)N2CSCC2C(=O)O)c1. The van der Waals surface area contributed by atoms with Crippen molar-refractivity contribution in [3.05, 3.63) is 29.8 Å². The van der Waals surface area contributed by atoms with Crippen molar-refractivity contribution in [3.8, 4) is 6.07 Å². The van der Waals surface area contributed by atoms with Gasteiger partial charge in [0, 0.05) is 11.4 Å². The van der Waals surface area contributed by atoms with E-state index in [0.717, 1.165) is 0 Å². The number of amides is 2. The van der Waals surface area contributed by atoms with E-state index >= 15 is 0 Å². The number of thioether (sulfide) groups is 1. The maximum absolute atomic E-state index is 12.0. The molecule has 19 heavy (non-hydrogen) atoms. The van der Waals surface area contributed by atoms with E-state index < -0.39 is 18.0 Å². The van der Waals surface area contributed by atoms with Gasteiger partial charge >= 0.3 is 12.0 Å². The number of carboxylic acid groups (broad SMARTS) is 1. The summed E-state index contributed by atoms with van der Waals surface area (Å²) in [6, 6.07) is 7.18. The van der Waals surface area contributed by atoms with Gasteiger partial charge in [0.1, 0.15) is 6.04 Å². The first-order valence-corrected chi connectivity index (χ1v) is 6.65. The van der Waals surface area contributed by atoms with E-state index in [1.165, 1.54) is 22.7 Å². The number of rotatable bonds is 2. The number of carbonyl (C=O) groups excluding carboxylic acids is 1. The minimum atomic E-state index is -1.01. The Labute approximate surface area is 114 Å². The Morgan fingerprint density at radius 1 is 1.53 bits per heavy atom. The molecule has 1 saturated heterocycles. The zero-order valence-electron chi connectivity index (χ0n) is 9.87. The topological polar surface area (TPSA) is 93.4 Å². The Balaban J connectivity index is 2.08. The molecule has 1 heterocycles. The lowest BCUT2D eigenvalue weighted by Crippen LogP contribution is -2.43. The van der Waals surface area contributed by atoms with Crippen molar-refractivity contribution in [1.29, 1.82) is 5.26 Å². The van der Waals surface area contributed by atoms with E-state index in [-0.39, 0.29) is 0 Å². The molecule has 2 amide bonds. The van der Waals surface area contributed by atoms with E-state index in [0.29, 0.717) is 22.9 Å². The number of carbonyl (C=O) groups is 2. The molecule has 98 valence electrons. The molecule has 1 aromatic rings. The third-order valence-corrected chi connectivity index (χ3v) is 3.68. The van der Waals surface area contributed by atoms with Crippen LogP contribution in [-0.2, 0) is 4.79 Å². The number of carboxylic acids is 1. The third kappa shape index (κ3) is 2.98. The highest BCUT2D eigenvalue weighted by Crippen LogP contribution is 2.22. The number of nitrogens with zero attached hydrogens (tertiary/aromatic N) is 2. The molecule has 2 rings (SSSR count). The van der Waals surface area contributed by atoms with Crippen LogP contribution in [0.4, 0.5) is 10.5 Å². The second-order valence-corrected chi connectivity index (χ2v) is 4.95. The minimum Gasteiger partial charge on any atom is -0.480 e. The van der Waals surface area contributed by atoms with E-state index in [1.807, 2.05) is 6.07 Å². The fraction of sp³-hybridized carbons (Fsp3) is 0.250. The predicted molar refractivity (Wildman–Crippen MR) is 70.8 cm³/mol.